The lowest BCUT2D eigenvalue weighted by Gasteiger charge is -2.22. The highest BCUT2D eigenvalue weighted by Crippen LogP contribution is 2.12. The summed E-state index contributed by atoms with van der Waals surface area (Å²) in [4.78, 5) is 15.5. The number of pyridine rings is 1. The molecule has 15 heavy (non-hydrogen) atoms. The van der Waals surface area contributed by atoms with Crippen LogP contribution in [0.4, 0.5) is 0 Å². The Morgan fingerprint density at radius 2 is 2.00 bits per heavy atom. The molecule has 1 aliphatic heterocycles. The number of nitrogens with zero attached hydrogens (tertiary/aromatic N) is 1. The first-order valence-electron chi connectivity index (χ1n) is 5.05. The van der Waals surface area contributed by atoms with Crippen molar-refractivity contribution in [1.29, 1.82) is 0 Å². The number of carbonyl (C=O) groups is 1. The Hall–Kier alpha value is -1.42. The molecule has 0 radical (unpaired) electrons. The van der Waals surface area contributed by atoms with Gasteiger partial charge in [-0.15, -0.1) is 0 Å². The molecular weight excluding hydrogens is 194 g/mol. The molecule has 1 saturated heterocycles. The topological polar surface area (TPSA) is 48.4 Å². The lowest BCUT2D eigenvalue weighted by molar-refractivity contribution is -0.0159. The first kappa shape index (κ1) is 10.1. The van der Waals surface area contributed by atoms with E-state index in [9.17, 15) is 4.79 Å². The van der Waals surface area contributed by atoms with E-state index in [0.29, 0.717) is 18.8 Å². The van der Waals surface area contributed by atoms with Crippen molar-refractivity contribution in [3.8, 4) is 0 Å². The van der Waals surface area contributed by atoms with Gasteiger partial charge in [0.15, 0.2) is 0 Å². The molecule has 4 heteroatoms. The van der Waals surface area contributed by atoms with Crippen LogP contribution < -0.4 is 0 Å². The van der Waals surface area contributed by atoms with Gasteiger partial charge in [0.05, 0.1) is 18.8 Å². The number of esters is 1. The fourth-order valence-corrected chi connectivity index (χ4v) is 1.50. The van der Waals surface area contributed by atoms with Crippen molar-refractivity contribution in [2.75, 3.05) is 13.2 Å². The maximum Gasteiger partial charge on any atom is 0.338 e. The highest BCUT2D eigenvalue weighted by atomic mass is 16.6. The fourth-order valence-electron chi connectivity index (χ4n) is 1.50. The lowest BCUT2D eigenvalue weighted by atomic mass is 10.1. The zero-order valence-corrected chi connectivity index (χ0v) is 8.39. The summed E-state index contributed by atoms with van der Waals surface area (Å²) in [7, 11) is 0. The molecule has 1 aliphatic rings. The number of carbonyl (C=O) groups excluding carboxylic acids is 1. The predicted octanol–water partition coefficient (Wildman–Crippen LogP) is 1.42. The second kappa shape index (κ2) is 4.89. The molecule has 1 aromatic heterocycles. The van der Waals surface area contributed by atoms with Gasteiger partial charge in [-0.2, -0.15) is 0 Å². The molecule has 0 N–H and O–H groups in total. The second-order valence-electron chi connectivity index (χ2n) is 3.45. The van der Waals surface area contributed by atoms with Crippen LogP contribution >= 0.6 is 0 Å². The third-order valence-corrected chi connectivity index (χ3v) is 2.36. The summed E-state index contributed by atoms with van der Waals surface area (Å²) in [5.41, 5.74) is 0.552. The maximum absolute atomic E-state index is 11.6. The molecule has 0 saturated carbocycles. The van der Waals surface area contributed by atoms with Gasteiger partial charge in [0.1, 0.15) is 6.10 Å². The van der Waals surface area contributed by atoms with Gasteiger partial charge in [-0.25, -0.2) is 4.79 Å². The Labute approximate surface area is 88.2 Å². The minimum Gasteiger partial charge on any atom is -0.459 e. The number of aromatic nitrogens is 1. The van der Waals surface area contributed by atoms with Gasteiger partial charge in [-0.1, -0.05) is 0 Å². The molecule has 2 heterocycles. The van der Waals surface area contributed by atoms with E-state index < -0.39 is 0 Å². The maximum atomic E-state index is 11.6. The van der Waals surface area contributed by atoms with Crippen LogP contribution in [0.15, 0.2) is 24.5 Å². The van der Waals surface area contributed by atoms with Crippen LogP contribution in [0.1, 0.15) is 23.2 Å². The minimum absolute atomic E-state index is 0.000541. The highest BCUT2D eigenvalue weighted by molar-refractivity contribution is 5.89. The van der Waals surface area contributed by atoms with E-state index >= 15 is 0 Å². The molecular formula is C11H13NO3. The standard InChI is InChI=1S/C11H13NO3/c13-11(9-1-5-12-6-2-9)15-10-3-7-14-8-4-10/h1-2,5-6,10H,3-4,7-8H2. The predicted molar refractivity (Wildman–Crippen MR) is 53.5 cm³/mol. The summed E-state index contributed by atoms with van der Waals surface area (Å²) >= 11 is 0. The van der Waals surface area contributed by atoms with E-state index in [2.05, 4.69) is 4.98 Å². The first-order valence-corrected chi connectivity index (χ1v) is 5.05. The van der Waals surface area contributed by atoms with Crippen molar-refractivity contribution in [1.82, 2.24) is 4.98 Å². The Kier molecular flexibility index (Phi) is 3.29. The van der Waals surface area contributed by atoms with Gasteiger partial charge >= 0.3 is 5.97 Å². The molecule has 80 valence electrons. The summed E-state index contributed by atoms with van der Waals surface area (Å²) in [6.45, 7) is 1.35. The summed E-state index contributed by atoms with van der Waals surface area (Å²) in [6.07, 6.45) is 4.74. The zero-order chi connectivity index (χ0) is 10.5. The Bertz CT molecular complexity index is 320. The third-order valence-electron chi connectivity index (χ3n) is 2.36. The van der Waals surface area contributed by atoms with Crippen molar-refractivity contribution >= 4 is 5.97 Å². The molecule has 0 unspecified atom stereocenters. The summed E-state index contributed by atoms with van der Waals surface area (Å²) in [5, 5.41) is 0. The molecule has 0 bridgehead atoms. The smallest absolute Gasteiger partial charge is 0.338 e. The lowest BCUT2D eigenvalue weighted by Crippen LogP contribution is -2.26. The summed E-state index contributed by atoms with van der Waals surface area (Å²) in [6, 6.07) is 3.31. The minimum atomic E-state index is -0.274. The van der Waals surface area contributed by atoms with Crippen LogP contribution in [0.25, 0.3) is 0 Å². The fraction of sp³-hybridized carbons (Fsp3) is 0.455. The van der Waals surface area contributed by atoms with E-state index in [-0.39, 0.29) is 12.1 Å². The van der Waals surface area contributed by atoms with Gasteiger partial charge in [0.2, 0.25) is 0 Å². The molecule has 2 rings (SSSR count). The van der Waals surface area contributed by atoms with Crippen molar-refractivity contribution < 1.29 is 14.3 Å². The molecule has 0 aromatic carbocycles. The Balaban J connectivity index is 1.91. The van der Waals surface area contributed by atoms with Gasteiger partial charge in [0, 0.05) is 25.2 Å². The Morgan fingerprint density at radius 3 is 2.67 bits per heavy atom. The van der Waals surface area contributed by atoms with E-state index in [0.717, 1.165) is 12.8 Å². The second-order valence-corrected chi connectivity index (χ2v) is 3.45. The van der Waals surface area contributed by atoms with Crippen LogP contribution in [0.3, 0.4) is 0 Å². The quantitative estimate of drug-likeness (QED) is 0.688. The average Bonchev–Trinajstić information content (AvgIpc) is 2.31. The molecule has 0 spiro atoms. The van der Waals surface area contributed by atoms with Crippen molar-refractivity contribution in [3.63, 3.8) is 0 Å². The summed E-state index contributed by atoms with van der Waals surface area (Å²) < 4.78 is 10.5. The molecule has 4 nitrogen and oxygen atoms in total. The summed E-state index contributed by atoms with van der Waals surface area (Å²) in [5.74, 6) is -0.274. The van der Waals surface area contributed by atoms with Crippen molar-refractivity contribution in [3.05, 3.63) is 30.1 Å². The molecule has 0 atom stereocenters. The molecule has 0 amide bonds. The van der Waals surface area contributed by atoms with Crippen LogP contribution in [-0.4, -0.2) is 30.3 Å². The molecule has 1 aromatic rings. The normalized spacial score (nSPS) is 17.3. The monoisotopic (exact) mass is 207 g/mol. The van der Waals surface area contributed by atoms with E-state index in [1.807, 2.05) is 0 Å². The SMILES string of the molecule is O=C(OC1CCOCC1)c1ccncc1. The van der Waals surface area contributed by atoms with Gasteiger partial charge < -0.3 is 9.47 Å². The van der Waals surface area contributed by atoms with E-state index in [4.69, 9.17) is 9.47 Å². The van der Waals surface area contributed by atoms with Crippen molar-refractivity contribution in [2.45, 2.75) is 18.9 Å². The molecule has 0 aliphatic carbocycles. The van der Waals surface area contributed by atoms with Crippen LogP contribution in [0, 0.1) is 0 Å². The van der Waals surface area contributed by atoms with Crippen LogP contribution in [-0.2, 0) is 9.47 Å². The number of ether oxygens (including phenoxy) is 2. The van der Waals surface area contributed by atoms with Crippen LogP contribution in [0.5, 0.6) is 0 Å². The van der Waals surface area contributed by atoms with Crippen LogP contribution in [0.2, 0.25) is 0 Å². The van der Waals surface area contributed by atoms with Gasteiger partial charge in [-0.3, -0.25) is 4.98 Å². The zero-order valence-electron chi connectivity index (χ0n) is 8.39. The van der Waals surface area contributed by atoms with E-state index in [1.165, 1.54) is 0 Å². The van der Waals surface area contributed by atoms with E-state index in [1.54, 1.807) is 24.5 Å². The van der Waals surface area contributed by atoms with Gasteiger partial charge in [0.25, 0.3) is 0 Å². The number of hydrogen-bond acceptors (Lipinski definition) is 4. The number of hydrogen-bond donors (Lipinski definition) is 0. The van der Waals surface area contributed by atoms with Crippen molar-refractivity contribution in [2.24, 2.45) is 0 Å². The first-order chi connectivity index (χ1) is 7.36. The molecule has 1 fully saturated rings. The third kappa shape index (κ3) is 2.76. The largest absolute Gasteiger partial charge is 0.459 e. The highest BCUT2D eigenvalue weighted by Gasteiger charge is 2.18. The Morgan fingerprint density at radius 1 is 1.33 bits per heavy atom. The average molecular weight is 207 g/mol. The van der Waals surface area contributed by atoms with Gasteiger partial charge in [-0.05, 0) is 12.1 Å². The number of rotatable bonds is 2.